The minimum Gasteiger partial charge on any atom is -0.289 e. The Balaban J connectivity index is 2.44. The molecule has 0 aromatic carbocycles. The lowest BCUT2D eigenvalue weighted by atomic mass is 10.1. The van der Waals surface area contributed by atoms with Gasteiger partial charge in [0.2, 0.25) is 5.79 Å². The molecule has 15 heavy (non-hydrogen) atoms. The second-order valence-electron chi connectivity index (χ2n) is 3.14. The maximum absolute atomic E-state index is 14.2. The van der Waals surface area contributed by atoms with E-state index in [1.54, 1.807) is 24.3 Å². The van der Waals surface area contributed by atoms with Crippen LogP contribution in [-0.2, 0) is 5.79 Å². The first-order valence-electron chi connectivity index (χ1n) is 4.52. The number of nitrogens with zero attached hydrogens (tertiary/aromatic N) is 2. The minimum absolute atomic E-state index is 0.156. The number of hydrogen-bond acceptors (Lipinski definition) is 3. The van der Waals surface area contributed by atoms with Crippen molar-refractivity contribution in [2.75, 3.05) is 0 Å². The molecule has 76 valence electrons. The molecule has 2 rings (SSSR count). The van der Waals surface area contributed by atoms with E-state index in [9.17, 15) is 4.39 Å². The van der Waals surface area contributed by atoms with Gasteiger partial charge in [-0.15, -0.1) is 0 Å². The predicted molar refractivity (Wildman–Crippen MR) is 54.5 cm³/mol. The van der Waals surface area contributed by atoms with Crippen LogP contribution in [0.5, 0.6) is 0 Å². The highest BCUT2D eigenvalue weighted by Gasteiger charge is 2.31. The van der Waals surface area contributed by atoms with E-state index in [0.29, 0.717) is 0 Å². The molecule has 0 aliphatic heterocycles. The van der Waals surface area contributed by atoms with Gasteiger partial charge in [-0.25, -0.2) is 4.39 Å². The average Bonchev–Trinajstić information content (AvgIpc) is 2.31. The van der Waals surface area contributed by atoms with Crippen LogP contribution in [0.25, 0.3) is 0 Å². The van der Waals surface area contributed by atoms with Gasteiger partial charge in [-0.1, -0.05) is 12.1 Å². The molecule has 2 aromatic heterocycles. The van der Waals surface area contributed by atoms with Crippen molar-refractivity contribution >= 4 is 0 Å². The molecule has 0 unspecified atom stereocenters. The molecule has 0 saturated carbocycles. The van der Waals surface area contributed by atoms with Crippen LogP contribution in [0.3, 0.4) is 0 Å². The van der Waals surface area contributed by atoms with Crippen molar-refractivity contribution in [3.63, 3.8) is 0 Å². The number of nitrogens with two attached hydrogens (primary N) is 1. The third kappa shape index (κ3) is 1.85. The molecule has 3 nitrogen and oxygen atoms in total. The highest BCUT2D eigenvalue weighted by molar-refractivity contribution is 5.24. The van der Waals surface area contributed by atoms with Crippen LogP contribution in [0.15, 0.2) is 48.8 Å². The van der Waals surface area contributed by atoms with Gasteiger partial charge in [0.05, 0.1) is 11.4 Å². The Morgan fingerprint density at radius 2 is 1.40 bits per heavy atom. The number of alkyl halides is 1. The Labute approximate surface area is 86.8 Å². The van der Waals surface area contributed by atoms with Crippen molar-refractivity contribution in [3.8, 4) is 0 Å². The topological polar surface area (TPSA) is 51.8 Å². The highest BCUT2D eigenvalue weighted by atomic mass is 19.1. The summed E-state index contributed by atoms with van der Waals surface area (Å²) in [6.45, 7) is 0. The molecule has 2 heterocycles. The van der Waals surface area contributed by atoms with Gasteiger partial charge in [-0.05, 0) is 24.3 Å². The monoisotopic (exact) mass is 203 g/mol. The molecule has 0 spiro atoms. The van der Waals surface area contributed by atoms with Gasteiger partial charge in [-0.3, -0.25) is 15.7 Å². The lowest BCUT2D eigenvalue weighted by Crippen LogP contribution is -2.34. The summed E-state index contributed by atoms with van der Waals surface area (Å²) in [5.74, 6) is -2.14. The number of halogens is 1. The van der Waals surface area contributed by atoms with Crippen LogP contribution in [0.4, 0.5) is 4.39 Å². The first-order valence-corrected chi connectivity index (χ1v) is 4.52. The smallest absolute Gasteiger partial charge is 0.244 e. The van der Waals surface area contributed by atoms with Gasteiger partial charge in [-0.2, -0.15) is 0 Å². The van der Waals surface area contributed by atoms with Crippen molar-refractivity contribution in [2.24, 2.45) is 5.73 Å². The highest BCUT2D eigenvalue weighted by Crippen LogP contribution is 2.24. The van der Waals surface area contributed by atoms with E-state index in [2.05, 4.69) is 9.97 Å². The van der Waals surface area contributed by atoms with E-state index in [1.807, 2.05) is 0 Å². The van der Waals surface area contributed by atoms with Gasteiger partial charge in [0.15, 0.2) is 0 Å². The predicted octanol–water partition coefficient (Wildman–Crippen LogP) is 1.61. The van der Waals surface area contributed by atoms with Gasteiger partial charge < -0.3 is 0 Å². The van der Waals surface area contributed by atoms with Crippen molar-refractivity contribution in [1.82, 2.24) is 9.97 Å². The molecular weight excluding hydrogens is 193 g/mol. The number of aromatic nitrogens is 2. The van der Waals surface area contributed by atoms with Crippen LogP contribution in [0.2, 0.25) is 0 Å². The van der Waals surface area contributed by atoms with Gasteiger partial charge in [0, 0.05) is 12.4 Å². The third-order valence-electron chi connectivity index (χ3n) is 2.08. The Morgan fingerprint density at radius 1 is 0.933 bits per heavy atom. The lowest BCUT2D eigenvalue weighted by Gasteiger charge is -2.18. The number of rotatable bonds is 2. The molecule has 2 N–H and O–H groups in total. The third-order valence-corrected chi connectivity index (χ3v) is 2.08. The van der Waals surface area contributed by atoms with Crippen LogP contribution in [-0.4, -0.2) is 9.97 Å². The Morgan fingerprint density at radius 3 is 1.73 bits per heavy atom. The number of hydrogen-bond donors (Lipinski definition) is 1. The zero-order valence-electron chi connectivity index (χ0n) is 7.97. The standard InChI is InChI=1S/C11H10FN3/c12-11(13,9-5-1-3-7-14-9)10-6-2-4-8-15-10/h1-8H,13H2. The zero-order chi connectivity index (χ0) is 10.7. The minimum atomic E-state index is -2.14. The normalized spacial score (nSPS) is 11.3. The fraction of sp³-hybridized carbons (Fsp3) is 0.0909. The Kier molecular flexibility index (Phi) is 2.43. The second-order valence-corrected chi connectivity index (χ2v) is 3.14. The average molecular weight is 203 g/mol. The van der Waals surface area contributed by atoms with E-state index in [4.69, 9.17) is 5.73 Å². The lowest BCUT2D eigenvalue weighted by molar-refractivity contribution is 0.218. The second kappa shape index (κ2) is 3.74. The van der Waals surface area contributed by atoms with Crippen molar-refractivity contribution in [2.45, 2.75) is 5.79 Å². The summed E-state index contributed by atoms with van der Waals surface area (Å²) >= 11 is 0. The van der Waals surface area contributed by atoms with Crippen LogP contribution >= 0.6 is 0 Å². The molecule has 0 fully saturated rings. The fourth-order valence-corrected chi connectivity index (χ4v) is 1.29. The molecule has 0 aliphatic rings. The van der Waals surface area contributed by atoms with Gasteiger partial charge in [0.25, 0.3) is 0 Å². The largest absolute Gasteiger partial charge is 0.289 e. The quantitative estimate of drug-likeness (QED) is 0.754. The maximum Gasteiger partial charge on any atom is 0.244 e. The molecule has 0 saturated heterocycles. The Bertz CT molecular complexity index is 387. The van der Waals surface area contributed by atoms with E-state index in [0.717, 1.165) is 0 Å². The van der Waals surface area contributed by atoms with E-state index < -0.39 is 5.79 Å². The maximum atomic E-state index is 14.2. The van der Waals surface area contributed by atoms with Crippen LogP contribution in [0.1, 0.15) is 11.4 Å². The first-order chi connectivity index (χ1) is 7.21. The summed E-state index contributed by atoms with van der Waals surface area (Å²) in [6, 6.07) is 9.86. The van der Waals surface area contributed by atoms with Crippen LogP contribution < -0.4 is 5.73 Å². The number of pyridine rings is 2. The molecule has 0 bridgehead atoms. The fourth-order valence-electron chi connectivity index (χ4n) is 1.29. The van der Waals surface area contributed by atoms with Crippen LogP contribution in [0, 0.1) is 0 Å². The summed E-state index contributed by atoms with van der Waals surface area (Å²) in [7, 11) is 0. The summed E-state index contributed by atoms with van der Waals surface area (Å²) in [5, 5.41) is 0. The zero-order valence-corrected chi connectivity index (χ0v) is 7.97. The Hall–Kier alpha value is -1.81. The van der Waals surface area contributed by atoms with Crippen molar-refractivity contribution in [3.05, 3.63) is 60.2 Å². The molecule has 2 aromatic rings. The van der Waals surface area contributed by atoms with Gasteiger partial charge >= 0.3 is 0 Å². The molecule has 0 atom stereocenters. The SMILES string of the molecule is NC(F)(c1ccccn1)c1ccccn1. The van der Waals surface area contributed by atoms with Crippen molar-refractivity contribution < 1.29 is 4.39 Å². The van der Waals surface area contributed by atoms with Gasteiger partial charge in [0.1, 0.15) is 0 Å². The summed E-state index contributed by atoms with van der Waals surface area (Å²) < 4.78 is 14.2. The van der Waals surface area contributed by atoms with E-state index in [1.165, 1.54) is 24.5 Å². The summed E-state index contributed by atoms with van der Waals surface area (Å²) in [6.07, 6.45) is 3.00. The summed E-state index contributed by atoms with van der Waals surface area (Å²) in [4.78, 5) is 7.77. The van der Waals surface area contributed by atoms with E-state index in [-0.39, 0.29) is 11.4 Å². The van der Waals surface area contributed by atoms with Crippen molar-refractivity contribution in [1.29, 1.82) is 0 Å². The summed E-state index contributed by atoms with van der Waals surface area (Å²) in [5.41, 5.74) is 5.88. The molecule has 0 aliphatic carbocycles. The molecule has 4 heteroatoms. The molecule has 0 amide bonds. The molecule has 0 radical (unpaired) electrons. The first kappa shape index (κ1) is 9.73. The molecular formula is C11H10FN3. The van der Waals surface area contributed by atoms with E-state index >= 15 is 0 Å².